The first-order valence-corrected chi connectivity index (χ1v) is 5.91. The van der Waals surface area contributed by atoms with E-state index in [4.69, 9.17) is 5.26 Å². The molecule has 1 aromatic rings. The molecule has 1 aliphatic rings. The number of nitriles is 1. The molecule has 1 heterocycles. The van der Waals surface area contributed by atoms with Crippen molar-refractivity contribution < 1.29 is 0 Å². The normalized spacial score (nSPS) is 20.9. The maximum Gasteiger partial charge on any atom is 0.0991 e. The van der Waals surface area contributed by atoms with Crippen LogP contribution in [0.4, 0.5) is 0 Å². The standard InChI is InChI=1S/C14H18N2/c1-11-5-6-16(9-11)10-14-4-3-13(8-15)7-12(14)2/h3-4,7,11H,5-6,9-10H2,1-2H3. The zero-order chi connectivity index (χ0) is 11.5. The van der Waals surface area contributed by atoms with Gasteiger partial charge in [-0.3, -0.25) is 4.90 Å². The van der Waals surface area contributed by atoms with E-state index in [0.29, 0.717) is 0 Å². The van der Waals surface area contributed by atoms with Crippen LogP contribution in [-0.2, 0) is 6.54 Å². The topological polar surface area (TPSA) is 27.0 Å². The number of rotatable bonds is 2. The van der Waals surface area contributed by atoms with Crippen LogP contribution in [0.3, 0.4) is 0 Å². The molecule has 0 aromatic heterocycles. The maximum atomic E-state index is 8.81. The number of hydrogen-bond donors (Lipinski definition) is 0. The van der Waals surface area contributed by atoms with Gasteiger partial charge in [0.15, 0.2) is 0 Å². The minimum atomic E-state index is 0.760. The molecule has 1 unspecified atom stereocenters. The van der Waals surface area contributed by atoms with Crippen LogP contribution in [0.25, 0.3) is 0 Å². The lowest BCUT2D eigenvalue weighted by molar-refractivity contribution is 0.319. The smallest absolute Gasteiger partial charge is 0.0991 e. The fourth-order valence-corrected chi connectivity index (χ4v) is 2.35. The predicted molar refractivity (Wildman–Crippen MR) is 65.0 cm³/mol. The first kappa shape index (κ1) is 11.2. The highest BCUT2D eigenvalue weighted by Gasteiger charge is 2.18. The van der Waals surface area contributed by atoms with E-state index >= 15 is 0 Å². The van der Waals surface area contributed by atoms with Crippen molar-refractivity contribution in [3.63, 3.8) is 0 Å². The van der Waals surface area contributed by atoms with Gasteiger partial charge < -0.3 is 0 Å². The minimum absolute atomic E-state index is 0.760. The zero-order valence-electron chi connectivity index (χ0n) is 10.0. The Morgan fingerprint density at radius 1 is 1.50 bits per heavy atom. The van der Waals surface area contributed by atoms with Crippen molar-refractivity contribution >= 4 is 0 Å². The minimum Gasteiger partial charge on any atom is -0.299 e. The largest absolute Gasteiger partial charge is 0.299 e. The van der Waals surface area contributed by atoms with Crippen LogP contribution in [0.1, 0.15) is 30.0 Å². The molecule has 1 aliphatic heterocycles. The molecule has 0 saturated carbocycles. The molecule has 2 rings (SSSR count). The molecule has 1 saturated heterocycles. The summed E-state index contributed by atoms with van der Waals surface area (Å²) < 4.78 is 0. The van der Waals surface area contributed by atoms with E-state index < -0.39 is 0 Å². The summed E-state index contributed by atoms with van der Waals surface area (Å²) in [5.74, 6) is 0.832. The summed E-state index contributed by atoms with van der Waals surface area (Å²) in [7, 11) is 0. The SMILES string of the molecule is Cc1cc(C#N)ccc1CN1CCC(C)C1. The van der Waals surface area contributed by atoms with Gasteiger partial charge in [-0.15, -0.1) is 0 Å². The number of nitrogens with zero attached hydrogens (tertiary/aromatic N) is 2. The number of aryl methyl sites for hydroxylation is 1. The molecule has 1 fully saturated rings. The first-order valence-electron chi connectivity index (χ1n) is 5.91. The molecule has 84 valence electrons. The van der Waals surface area contributed by atoms with Gasteiger partial charge in [-0.05, 0) is 49.1 Å². The van der Waals surface area contributed by atoms with E-state index in [-0.39, 0.29) is 0 Å². The molecule has 1 atom stereocenters. The summed E-state index contributed by atoms with van der Waals surface area (Å²) >= 11 is 0. The highest BCUT2D eigenvalue weighted by Crippen LogP contribution is 2.19. The Bertz CT molecular complexity index is 417. The summed E-state index contributed by atoms with van der Waals surface area (Å²) in [4.78, 5) is 2.50. The van der Waals surface area contributed by atoms with Gasteiger partial charge >= 0.3 is 0 Å². The molecular formula is C14H18N2. The lowest BCUT2D eigenvalue weighted by Gasteiger charge is -2.16. The molecule has 0 N–H and O–H groups in total. The molecule has 0 bridgehead atoms. The third-order valence-electron chi connectivity index (χ3n) is 3.37. The van der Waals surface area contributed by atoms with Gasteiger partial charge in [0.25, 0.3) is 0 Å². The van der Waals surface area contributed by atoms with E-state index in [0.717, 1.165) is 18.0 Å². The third-order valence-corrected chi connectivity index (χ3v) is 3.37. The summed E-state index contributed by atoms with van der Waals surface area (Å²) in [6.45, 7) is 7.85. The molecule has 1 aromatic carbocycles. The zero-order valence-corrected chi connectivity index (χ0v) is 10.0. The Kier molecular flexibility index (Phi) is 3.26. The summed E-state index contributed by atoms with van der Waals surface area (Å²) in [6, 6.07) is 8.18. The molecule has 2 heteroatoms. The van der Waals surface area contributed by atoms with Crippen LogP contribution in [0.5, 0.6) is 0 Å². The fraction of sp³-hybridized carbons (Fsp3) is 0.500. The fourth-order valence-electron chi connectivity index (χ4n) is 2.35. The average Bonchev–Trinajstić information content (AvgIpc) is 2.67. The molecular weight excluding hydrogens is 196 g/mol. The van der Waals surface area contributed by atoms with Gasteiger partial charge in [0.1, 0.15) is 0 Å². The molecule has 0 spiro atoms. The third kappa shape index (κ3) is 2.43. The first-order chi connectivity index (χ1) is 7.69. The molecule has 2 nitrogen and oxygen atoms in total. The predicted octanol–water partition coefficient (Wildman–Crippen LogP) is 2.71. The van der Waals surface area contributed by atoms with Crippen molar-refractivity contribution in [1.29, 1.82) is 5.26 Å². The summed E-state index contributed by atoms with van der Waals surface area (Å²) in [5.41, 5.74) is 3.35. The number of likely N-dealkylation sites (tertiary alicyclic amines) is 1. The summed E-state index contributed by atoms with van der Waals surface area (Å²) in [6.07, 6.45) is 1.31. The Morgan fingerprint density at radius 3 is 2.88 bits per heavy atom. The van der Waals surface area contributed by atoms with Crippen LogP contribution in [0.2, 0.25) is 0 Å². The Labute approximate surface area is 97.5 Å². The number of hydrogen-bond acceptors (Lipinski definition) is 2. The van der Waals surface area contributed by atoms with E-state index in [2.05, 4.69) is 30.9 Å². The van der Waals surface area contributed by atoms with E-state index in [1.54, 1.807) is 0 Å². The number of benzene rings is 1. The monoisotopic (exact) mass is 214 g/mol. The molecule has 0 aliphatic carbocycles. The van der Waals surface area contributed by atoms with Crippen LogP contribution >= 0.6 is 0 Å². The maximum absolute atomic E-state index is 8.81. The van der Waals surface area contributed by atoms with Crippen molar-refractivity contribution in [1.82, 2.24) is 4.90 Å². The summed E-state index contributed by atoms with van der Waals surface area (Å²) in [5, 5.41) is 8.81. The molecule has 0 radical (unpaired) electrons. The second-order valence-corrected chi connectivity index (χ2v) is 4.88. The quantitative estimate of drug-likeness (QED) is 0.757. The van der Waals surface area contributed by atoms with Crippen LogP contribution in [-0.4, -0.2) is 18.0 Å². The van der Waals surface area contributed by atoms with Gasteiger partial charge in [-0.1, -0.05) is 13.0 Å². The van der Waals surface area contributed by atoms with Crippen LogP contribution in [0, 0.1) is 24.2 Å². The Morgan fingerprint density at radius 2 is 2.31 bits per heavy atom. The van der Waals surface area contributed by atoms with Crippen molar-refractivity contribution in [2.24, 2.45) is 5.92 Å². The van der Waals surface area contributed by atoms with Crippen molar-refractivity contribution in [2.75, 3.05) is 13.1 Å². The Balaban J connectivity index is 2.08. The molecule has 16 heavy (non-hydrogen) atoms. The van der Waals surface area contributed by atoms with Crippen molar-refractivity contribution in [3.8, 4) is 6.07 Å². The van der Waals surface area contributed by atoms with Crippen LogP contribution in [0.15, 0.2) is 18.2 Å². The van der Waals surface area contributed by atoms with E-state index in [1.807, 2.05) is 12.1 Å². The van der Waals surface area contributed by atoms with Crippen molar-refractivity contribution in [2.45, 2.75) is 26.8 Å². The second kappa shape index (κ2) is 4.67. The van der Waals surface area contributed by atoms with Gasteiger partial charge in [0.2, 0.25) is 0 Å². The molecule has 0 amide bonds. The highest BCUT2D eigenvalue weighted by atomic mass is 15.1. The lowest BCUT2D eigenvalue weighted by atomic mass is 10.1. The van der Waals surface area contributed by atoms with Gasteiger partial charge in [-0.2, -0.15) is 5.26 Å². The van der Waals surface area contributed by atoms with Gasteiger partial charge in [0.05, 0.1) is 11.6 Å². The van der Waals surface area contributed by atoms with Crippen LogP contribution < -0.4 is 0 Å². The van der Waals surface area contributed by atoms with E-state index in [1.165, 1.54) is 30.6 Å². The Hall–Kier alpha value is -1.33. The highest BCUT2D eigenvalue weighted by molar-refractivity contribution is 5.37. The van der Waals surface area contributed by atoms with Gasteiger partial charge in [-0.25, -0.2) is 0 Å². The lowest BCUT2D eigenvalue weighted by Crippen LogP contribution is -2.20. The second-order valence-electron chi connectivity index (χ2n) is 4.88. The average molecular weight is 214 g/mol. The van der Waals surface area contributed by atoms with Gasteiger partial charge in [0, 0.05) is 13.1 Å². The van der Waals surface area contributed by atoms with E-state index in [9.17, 15) is 0 Å². The van der Waals surface area contributed by atoms with Crippen molar-refractivity contribution in [3.05, 3.63) is 34.9 Å².